The zero-order valence-electron chi connectivity index (χ0n) is 12.5. The average molecular weight is 291 g/mol. The maximum Gasteiger partial charge on any atom is 0.255 e. The van der Waals surface area contributed by atoms with Crippen molar-refractivity contribution in [1.29, 1.82) is 5.26 Å². The van der Waals surface area contributed by atoms with Crippen LogP contribution in [0.4, 0.5) is 0 Å². The molecule has 0 spiro atoms. The Hall–Kier alpha value is -2.67. The van der Waals surface area contributed by atoms with Gasteiger partial charge in [0.05, 0.1) is 17.2 Å². The van der Waals surface area contributed by atoms with Gasteiger partial charge in [-0.25, -0.2) is 0 Å². The number of benzene rings is 1. The Balaban J connectivity index is 1.92. The van der Waals surface area contributed by atoms with Crippen molar-refractivity contribution in [3.63, 3.8) is 0 Å². The fourth-order valence-corrected chi connectivity index (χ4v) is 2.88. The minimum atomic E-state index is 0.0378. The second-order valence-corrected chi connectivity index (χ2v) is 5.64. The summed E-state index contributed by atoms with van der Waals surface area (Å²) in [6.45, 7) is 2.90. The van der Waals surface area contributed by atoms with Crippen molar-refractivity contribution in [3.8, 4) is 17.2 Å². The third kappa shape index (κ3) is 2.71. The van der Waals surface area contributed by atoms with Gasteiger partial charge in [0.2, 0.25) is 0 Å². The summed E-state index contributed by atoms with van der Waals surface area (Å²) >= 11 is 0. The first kappa shape index (κ1) is 14.3. The monoisotopic (exact) mass is 291 g/mol. The summed E-state index contributed by atoms with van der Waals surface area (Å²) in [5.74, 6) is 0.0378. The second kappa shape index (κ2) is 5.98. The van der Waals surface area contributed by atoms with Crippen LogP contribution >= 0.6 is 0 Å². The average Bonchev–Trinajstić information content (AvgIpc) is 3.00. The molecular formula is C18H17N3O. The topological polar surface area (TPSA) is 57.0 Å². The molecule has 0 bridgehead atoms. The normalized spacial score (nSPS) is 17.3. The summed E-state index contributed by atoms with van der Waals surface area (Å²) in [4.78, 5) is 18.7. The van der Waals surface area contributed by atoms with E-state index < -0.39 is 0 Å². The van der Waals surface area contributed by atoms with Crippen LogP contribution in [-0.2, 0) is 0 Å². The number of likely N-dealkylation sites (tertiary alicyclic amines) is 1. The lowest BCUT2D eigenvalue weighted by atomic mass is 10.0. The second-order valence-electron chi connectivity index (χ2n) is 5.64. The first-order valence-electron chi connectivity index (χ1n) is 7.45. The molecule has 0 N–H and O–H groups in total. The predicted octanol–water partition coefficient (Wildman–Crippen LogP) is 3.24. The molecule has 1 unspecified atom stereocenters. The molecule has 0 radical (unpaired) electrons. The number of carbonyl (C=O) groups excluding carboxylic acids is 1. The fourth-order valence-electron chi connectivity index (χ4n) is 2.88. The lowest BCUT2D eigenvalue weighted by Gasteiger charge is -2.21. The van der Waals surface area contributed by atoms with Gasteiger partial charge in [0.15, 0.2) is 0 Å². The minimum absolute atomic E-state index is 0.0378. The lowest BCUT2D eigenvalue weighted by molar-refractivity contribution is 0.0747. The summed E-state index contributed by atoms with van der Waals surface area (Å²) in [6.07, 6.45) is 5.46. The third-order valence-electron chi connectivity index (χ3n) is 4.12. The first-order valence-corrected chi connectivity index (χ1v) is 7.45. The Kier molecular flexibility index (Phi) is 3.88. The third-order valence-corrected chi connectivity index (χ3v) is 4.12. The molecule has 1 atom stereocenters. The highest BCUT2D eigenvalue weighted by molar-refractivity contribution is 5.95. The summed E-state index contributed by atoms with van der Waals surface area (Å²) in [6, 6.07) is 11.6. The van der Waals surface area contributed by atoms with Crippen molar-refractivity contribution < 1.29 is 4.79 Å². The number of amides is 1. The Labute approximate surface area is 130 Å². The summed E-state index contributed by atoms with van der Waals surface area (Å²) in [7, 11) is 0. The summed E-state index contributed by atoms with van der Waals surface area (Å²) in [5.41, 5.74) is 2.96. The number of nitrogens with zero attached hydrogens (tertiary/aromatic N) is 3. The van der Waals surface area contributed by atoms with E-state index in [1.807, 2.05) is 29.2 Å². The van der Waals surface area contributed by atoms with Crippen LogP contribution < -0.4 is 0 Å². The zero-order valence-corrected chi connectivity index (χ0v) is 12.5. The van der Waals surface area contributed by atoms with Crippen LogP contribution in [-0.4, -0.2) is 28.4 Å². The fraction of sp³-hybridized carbons (Fsp3) is 0.278. The zero-order chi connectivity index (χ0) is 15.5. The highest BCUT2D eigenvalue weighted by atomic mass is 16.2. The number of hydrogen-bond acceptors (Lipinski definition) is 3. The molecule has 1 aliphatic heterocycles. The minimum Gasteiger partial charge on any atom is -0.336 e. The molecule has 1 amide bonds. The van der Waals surface area contributed by atoms with Crippen molar-refractivity contribution in [2.75, 3.05) is 6.54 Å². The number of nitriles is 1. The van der Waals surface area contributed by atoms with E-state index in [2.05, 4.69) is 18.0 Å². The van der Waals surface area contributed by atoms with Crippen molar-refractivity contribution in [3.05, 3.63) is 53.9 Å². The SMILES string of the molecule is CC1CCCN1C(=O)c1cncc(-c2cccc(C#N)c2)c1. The van der Waals surface area contributed by atoms with E-state index in [0.717, 1.165) is 30.5 Å². The molecule has 1 aliphatic rings. The van der Waals surface area contributed by atoms with Crippen LogP contribution in [0, 0.1) is 11.3 Å². The maximum absolute atomic E-state index is 12.6. The number of aromatic nitrogens is 1. The molecule has 1 aromatic carbocycles. The van der Waals surface area contributed by atoms with Gasteiger partial charge in [-0.15, -0.1) is 0 Å². The molecule has 2 heterocycles. The van der Waals surface area contributed by atoms with Gasteiger partial charge in [-0.05, 0) is 43.5 Å². The van der Waals surface area contributed by atoms with Gasteiger partial charge in [-0.3, -0.25) is 9.78 Å². The van der Waals surface area contributed by atoms with Gasteiger partial charge >= 0.3 is 0 Å². The molecule has 0 aliphatic carbocycles. The molecule has 1 fully saturated rings. The molecule has 1 aromatic heterocycles. The molecular weight excluding hydrogens is 274 g/mol. The Morgan fingerprint density at radius 1 is 1.32 bits per heavy atom. The van der Waals surface area contributed by atoms with Crippen molar-refractivity contribution in [2.45, 2.75) is 25.8 Å². The summed E-state index contributed by atoms with van der Waals surface area (Å²) in [5, 5.41) is 9.00. The van der Waals surface area contributed by atoms with E-state index in [1.165, 1.54) is 0 Å². The Bertz CT molecular complexity index is 748. The van der Waals surface area contributed by atoms with E-state index >= 15 is 0 Å². The van der Waals surface area contributed by atoms with Gasteiger partial charge in [-0.1, -0.05) is 12.1 Å². The smallest absolute Gasteiger partial charge is 0.255 e. The number of rotatable bonds is 2. The number of carbonyl (C=O) groups is 1. The molecule has 22 heavy (non-hydrogen) atoms. The van der Waals surface area contributed by atoms with Gasteiger partial charge in [0.1, 0.15) is 0 Å². The van der Waals surface area contributed by atoms with Crippen LogP contribution in [0.25, 0.3) is 11.1 Å². The van der Waals surface area contributed by atoms with Gasteiger partial charge in [-0.2, -0.15) is 5.26 Å². The number of hydrogen-bond donors (Lipinski definition) is 0. The molecule has 110 valence electrons. The molecule has 4 heteroatoms. The quantitative estimate of drug-likeness (QED) is 0.853. The van der Waals surface area contributed by atoms with Crippen molar-refractivity contribution in [1.82, 2.24) is 9.88 Å². The van der Waals surface area contributed by atoms with Crippen LogP contribution in [0.5, 0.6) is 0 Å². The van der Waals surface area contributed by atoms with Crippen molar-refractivity contribution in [2.24, 2.45) is 0 Å². The molecule has 0 saturated carbocycles. The van der Waals surface area contributed by atoms with Crippen LogP contribution in [0.2, 0.25) is 0 Å². The molecule has 3 rings (SSSR count). The highest BCUT2D eigenvalue weighted by Gasteiger charge is 2.26. The Morgan fingerprint density at radius 2 is 2.18 bits per heavy atom. The summed E-state index contributed by atoms with van der Waals surface area (Å²) < 4.78 is 0. The van der Waals surface area contributed by atoms with E-state index in [1.54, 1.807) is 18.5 Å². The standard InChI is InChI=1S/C18H17N3O/c1-13-4-3-7-21(13)18(22)17-9-16(11-20-12-17)15-6-2-5-14(8-15)10-19/h2,5-6,8-9,11-13H,3-4,7H2,1H3. The molecule has 1 saturated heterocycles. The van der Waals surface area contributed by atoms with Crippen molar-refractivity contribution >= 4 is 5.91 Å². The first-order chi connectivity index (χ1) is 10.7. The van der Waals surface area contributed by atoms with E-state index in [4.69, 9.17) is 5.26 Å². The maximum atomic E-state index is 12.6. The van der Waals surface area contributed by atoms with Crippen LogP contribution in [0.15, 0.2) is 42.7 Å². The van der Waals surface area contributed by atoms with E-state index in [-0.39, 0.29) is 11.9 Å². The highest BCUT2D eigenvalue weighted by Crippen LogP contribution is 2.23. The molecule has 4 nitrogen and oxygen atoms in total. The predicted molar refractivity (Wildman–Crippen MR) is 84.1 cm³/mol. The number of pyridine rings is 1. The van der Waals surface area contributed by atoms with Crippen LogP contribution in [0.3, 0.4) is 0 Å². The van der Waals surface area contributed by atoms with E-state index in [9.17, 15) is 4.79 Å². The largest absolute Gasteiger partial charge is 0.336 e. The van der Waals surface area contributed by atoms with E-state index in [0.29, 0.717) is 11.1 Å². The lowest BCUT2D eigenvalue weighted by Crippen LogP contribution is -2.33. The molecule has 2 aromatic rings. The van der Waals surface area contributed by atoms with Gasteiger partial charge in [0, 0.05) is 30.5 Å². The van der Waals surface area contributed by atoms with Gasteiger partial charge in [0.25, 0.3) is 5.91 Å². The Morgan fingerprint density at radius 3 is 2.91 bits per heavy atom. The van der Waals surface area contributed by atoms with Crippen LogP contribution in [0.1, 0.15) is 35.7 Å². The van der Waals surface area contributed by atoms with Gasteiger partial charge < -0.3 is 4.90 Å².